The van der Waals surface area contributed by atoms with Crippen molar-refractivity contribution in [3.8, 4) is 0 Å². The highest BCUT2D eigenvalue weighted by Crippen LogP contribution is 2.32. The van der Waals surface area contributed by atoms with Gasteiger partial charge in [-0.15, -0.1) is 12.4 Å². The van der Waals surface area contributed by atoms with Crippen molar-refractivity contribution in [3.05, 3.63) is 59.4 Å². The number of fused-ring (bicyclic) bond motifs is 1. The number of carbonyl (C=O) groups excluding carboxylic acids is 2. The van der Waals surface area contributed by atoms with Crippen molar-refractivity contribution in [1.29, 1.82) is 0 Å². The Morgan fingerprint density at radius 1 is 1.12 bits per heavy atom. The second-order valence-electron chi connectivity index (χ2n) is 6.75. The largest absolute Gasteiger partial charge is 0.464 e. The molecule has 1 aromatic carbocycles. The van der Waals surface area contributed by atoms with Crippen molar-refractivity contribution in [3.63, 3.8) is 0 Å². The number of rotatable bonds is 5. The van der Waals surface area contributed by atoms with Crippen LogP contribution >= 0.6 is 12.4 Å². The maximum atomic E-state index is 12.7. The van der Waals surface area contributed by atoms with E-state index in [1.54, 1.807) is 0 Å². The fourth-order valence-electron chi connectivity index (χ4n) is 3.80. The third-order valence-electron chi connectivity index (χ3n) is 5.16. The number of hydrogen-bond donors (Lipinski definition) is 1. The average molecular weight is 375 g/mol. The van der Waals surface area contributed by atoms with Crippen LogP contribution in [-0.2, 0) is 16.1 Å². The lowest BCUT2D eigenvalue weighted by molar-refractivity contribution is -0.146. The number of carbonyl (C=O) groups is 2. The van der Waals surface area contributed by atoms with Gasteiger partial charge in [-0.05, 0) is 37.9 Å². The smallest absolute Gasteiger partial charge is 0.315 e. The van der Waals surface area contributed by atoms with Gasteiger partial charge in [0.05, 0.1) is 11.6 Å². The lowest BCUT2D eigenvalue weighted by Gasteiger charge is -2.13. The second kappa shape index (κ2) is 8.06. The lowest BCUT2D eigenvalue weighted by atomic mass is 10.1. The summed E-state index contributed by atoms with van der Waals surface area (Å²) < 4.78 is 7.49. The first-order chi connectivity index (χ1) is 12.2. The van der Waals surface area contributed by atoms with Gasteiger partial charge < -0.3 is 14.6 Å². The molecule has 1 saturated heterocycles. The van der Waals surface area contributed by atoms with Gasteiger partial charge in [0.1, 0.15) is 6.61 Å². The summed E-state index contributed by atoms with van der Waals surface area (Å²) in [7, 11) is 0. The first-order valence-electron chi connectivity index (χ1n) is 8.93. The number of esters is 1. The number of hydrogen-bond acceptors (Lipinski definition) is 4. The van der Waals surface area contributed by atoms with Crippen molar-refractivity contribution < 1.29 is 14.3 Å². The number of benzene rings is 1. The van der Waals surface area contributed by atoms with E-state index in [2.05, 4.69) is 5.32 Å². The molecule has 2 aromatic rings. The summed E-state index contributed by atoms with van der Waals surface area (Å²) in [6.45, 7) is 2.11. The number of ether oxygens (including phenoxy) is 1. The molecule has 0 bridgehead atoms. The van der Waals surface area contributed by atoms with Gasteiger partial charge in [0.15, 0.2) is 0 Å². The molecule has 1 N–H and O–H groups in total. The van der Waals surface area contributed by atoms with Crippen molar-refractivity contribution in [1.82, 2.24) is 9.88 Å². The Labute approximate surface area is 159 Å². The average Bonchev–Trinajstić information content (AvgIpc) is 3.37. The van der Waals surface area contributed by atoms with Crippen molar-refractivity contribution in [2.45, 2.75) is 37.8 Å². The zero-order valence-corrected chi connectivity index (χ0v) is 15.3. The van der Waals surface area contributed by atoms with E-state index < -0.39 is 0 Å². The minimum atomic E-state index is -0.265. The molecule has 138 valence electrons. The topological polar surface area (TPSA) is 60.3 Å². The summed E-state index contributed by atoms with van der Waals surface area (Å²) in [6, 6.07) is 13.2. The van der Waals surface area contributed by atoms with Crippen LogP contribution in [-0.4, -0.2) is 35.5 Å². The monoisotopic (exact) mass is 374 g/mol. The molecule has 2 aliphatic rings. The Bertz CT molecular complexity index is 782. The third-order valence-corrected chi connectivity index (χ3v) is 5.16. The number of nitrogens with zero attached hydrogens (tertiary/aromatic N) is 1. The molecule has 0 aliphatic carbocycles. The van der Waals surface area contributed by atoms with E-state index in [1.165, 1.54) is 0 Å². The van der Waals surface area contributed by atoms with Gasteiger partial charge in [-0.3, -0.25) is 9.59 Å². The predicted octanol–water partition coefficient (Wildman–Crippen LogP) is 2.92. The first kappa shape index (κ1) is 18.7. The molecule has 4 rings (SSSR count). The Morgan fingerprint density at radius 3 is 2.65 bits per heavy atom. The van der Waals surface area contributed by atoms with E-state index in [0.29, 0.717) is 30.8 Å². The van der Waals surface area contributed by atoms with Gasteiger partial charge in [-0.2, -0.15) is 0 Å². The Hall–Kier alpha value is -2.11. The Balaban J connectivity index is 0.00000196. The van der Waals surface area contributed by atoms with Crippen molar-refractivity contribution >= 4 is 24.2 Å². The molecular weight excluding hydrogens is 352 g/mol. The maximum absolute atomic E-state index is 12.7. The molecule has 0 saturated carbocycles. The highest BCUT2D eigenvalue weighted by atomic mass is 35.5. The molecule has 0 spiro atoms. The van der Waals surface area contributed by atoms with Gasteiger partial charge >= 0.3 is 5.97 Å². The van der Waals surface area contributed by atoms with E-state index in [-0.39, 0.29) is 36.1 Å². The fraction of sp³-hybridized carbons (Fsp3) is 0.400. The maximum Gasteiger partial charge on any atom is 0.315 e. The zero-order valence-electron chi connectivity index (χ0n) is 14.5. The van der Waals surface area contributed by atoms with Crippen LogP contribution in [0.4, 0.5) is 0 Å². The SMILES string of the molecule is Cl.O=C(c1ccccc1)c1ccc2n1CCC2C(=O)OCC1CCCN1. The first-order valence-corrected chi connectivity index (χ1v) is 8.93. The van der Waals surface area contributed by atoms with Gasteiger partial charge in [-0.25, -0.2) is 0 Å². The number of nitrogens with one attached hydrogen (secondary N) is 1. The molecule has 26 heavy (non-hydrogen) atoms. The lowest BCUT2D eigenvalue weighted by Crippen LogP contribution is -2.29. The van der Waals surface area contributed by atoms with Crippen LogP contribution in [0.3, 0.4) is 0 Å². The molecule has 3 heterocycles. The number of ketones is 1. The quantitative estimate of drug-likeness (QED) is 0.645. The second-order valence-corrected chi connectivity index (χ2v) is 6.75. The highest BCUT2D eigenvalue weighted by molar-refractivity contribution is 6.08. The van der Waals surface area contributed by atoms with Crippen molar-refractivity contribution in [2.24, 2.45) is 0 Å². The summed E-state index contributed by atoms with van der Waals surface area (Å²) in [6.07, 6.45) is 2.89. The normalized spacial score (nSPS) is 21.1. The molecule has 1 aromatic heterocycles. The van der Waals surface area contributed by atoms with E-state index >= 15 is 0 Å². The van der Waals surface area contributed by atoms with Crippen LogP contribution in [0.15, 0.2) is 42.5 Å². The summed E-state index contributed by atoms with van der Waals surface area (Å²) in [5, 5.41) is 3.33. The van der Waals surface area contributed by atoms with Gasteiger partial charge in [0.2, 0.25) is 5.78 Å². The standard InChI is InChI=1S/C20H22N2O3.ClH/c23-19(14-5-2-1-3-6-14)18-9-8-17-16(10-12-22(17)18)20(24)25-13-15-7-4-11-21-15;/h1-3,5-6,8-9,15-16,21H,4,7,10-13H2;1H. The Morgan fingerprint density at radius 2 is 1.92 bits per heavy atom. The van der Waals surface area contributed by atoms with E-state index in [4.69, 9.17) is 4.74 Å². The fourth-order valence-corrected chi connectivity index (χ4v) is 3.80. The summed E-state index contributed by atoms with van der Waals surface area (Å²) in [5.74, 6) is -0.445. The van der Waals surface area contributed by atoms with Crippen LogP contribution in [0.25, 0.3) is 0 Å². The molecule has 2 unspecified atom stereocenters. The van der Waals surface area contributed by atoms with Crippen LogP contribution in [0.1, 0.15) is 46.9 Å². The zero-order chi connectivity index (χ0) is 17.2. The molecule has 0 radical (unpaired) electrons. The van der Waals surface area contributed by atoms with Crippen LogP contribution < -0.4 is 5.32 Å². The highest BCUT2D eigenvalue weighted by Gasteiger charge is 2.33. The molecule has 6 heteroatoms. The van der Waals surface area contributed by atoms with Crippen molar-refractivity contribution in [2.75, 3.05) is 13.2 Å². The van der Waals surface area contributed by atoms with Crippen LogP contribution in [0.5, 0.6) is 0 Å². The van der Waals surface area contributed by atoms with E-state index in [9.17, 15) is 9.59 Å². The molecular formula is C20H23ClN2O3. The minimum absolute atomic E-state index is 0. The Kier molecular flexibility index (Phi) is 5.79. The molecule has 5 nitrogen and oxygen atoms in total. The number of aromatic nitrogens is 1. The van der Waals surface area contributed by atoms with Gasteiger partial charge in [0, 0.05) is 23.8 Å². The molecule has 1 fully saturated rings. The number of halogens is 1. The summed E-state index contributed by atoms with van der Waals surface area (Å²) in [4.78, 5) is 25.2. The summed E-state index contributed by atoms with van der Waals surface area (Å²) in [5.41, 5.74) is 2.21. The molecule has 0 amide bonds. The predicted molar refractivity (Wildman–Crippen MR) is 101 cm³/mol. The molecule has 2 aliphatic heterocycles. The summed E-state index contributed by atoms with van der Waals surface area (Å²) >= 11 is 0. The van der Waals surface area contributed by atoms with Crippen LogP contribution in [0, 0.1) is 0 Å². The van der Waals surface area contributed by atoms with E-state index in [0.717, 1.165) is 25.1 Å². The van der Waals surface area contributed by atoms with Crippen LogP contribution in [0.2, 0.25) is 0 Å². The van der Waals surface area contributed by atoms with E-state index in [1.807, 2.05) is 47.0 Å². The molecule has 2 atom stereocenters. The van der Waals surface area contributed by atoms with Gasteiger partial charge in [0.25, 0.3) is 0 Å². The van der Waals surface area contributed by atoms with Gasteiger partial charge in [-0.1, -0.05) is 30.3 Å². The minimum Gasteiger partial charge on any atom is -0.464 e. The third kappa shape index (κ3) is 3.55.